The van der Waals surface area contributed by atoms with Crippen molar-refractivity contribution in [1.82, 2.24) is 5.16 Å². The number of rotatable bonds is 5. The van der Waals surface area contributed by atoms with Crippen LogP contribution in [-0.4, -0.2) is 5.16 Å². The summed E-state index contributed by atoms with van der Waals surface area (Å²) < 4.78 is 5.42. The minimum Gasteiger partial charge on any atom is -0.361 e. The van der Waals surface area contributed by atoms with E-state index in [4.69, 9.17) is 4.52 Å². The lowest BCUT2D eigenvalue weighted by molar-refractivity contribution is 0.391. The normalized spacial score (nSPS) is 17.2. The fourth-order valence-electron chi connectivity index (χ4n) is 4.87. The van der Waals surface area contributed by atoms with Crippen LogP contribution in [0.5, 0.6) is 0 Å². The minimum absolute atomic E-state index is 0.220. The zero-order valence-corrected chi connectivity index (χ0v) is 17.5. The van der Waals surface area contributed by atoms with Crippen molar-refractivity contribution in [1.29, 1.82) is 0 Å². The van der Waals surface area contributed by atoms with Crippen LogP contribution in [-0.2, 0) is 23.7 Å². The number of aromatic nitrogens is 1. The van der Waals surface area contributed by atoms with Gasteiger partial charge < -0.3 is 4.52 Å². The monoisotopic (exact) mass is 351 g/mol. The molecule has 0 saturated heterocycles. The Labute approximate surface area is 158 Å². The number of fused-ring (bicyclic) bond motifs is 1. The Kier molecular flexibility index (Phi) is 4.90. The Balaban J connectivity index is 2.18. The van der Waals surface area contributed by atoms with Gasteiger partial charge in [0.25, 0.3) is 0 Å². The summed E-state index contributed by atoms with van der Waals surface area (Å²) in [7, 11) is 0. The van der Waals surface area contributed by atoms with E-state index in [0.717, 1.165) is 25.0 Å². The van der Waals surface area contributed by atoms with Gasteiger partial charge in [-0.1, -0.05) is 63.9 Å². The average molecular weight is 352 g/mol. The van der Waals surface area contributed by atoms with Crippen LogP contribution in [0.15, 0.2) is 34.5 Å². The van der Waals surface area contributed by atoms with E-state index in [2.05, 4.69) is 65.8 Å². The molecule has 3 rings (SSSR count). The molecule has 0 saturated carbocycles. The summed E-state index contributed by atoms with van der Waals surface area (Å²) in [5, 5.41) is 3.89. The van der Waals surface area contributed by atoms with Crippen molar-refractivity contribution >= 4 is 5.57 Å². The summed E-state index contributed by atoms with van der Waals surface area (Å²) in [6.45, 7) is 16.3. The second kappa shape index (κ2) is 6.72. The fraction of sp³-hybridized carbons (Fsp3) is 0.542. The molecule has 0 aliphatic heterocycles. The average Bonchev–Trinajstić information content (AvgIpc) is 3.10. The van der Waals surface area contributed by atoms with E-state index >= 15 is 0 Å². The van der Waals surface area contributed by atoms with Gasteiger partial charge in [0.1, 0.15) is 5.76 Å². The van der Waals surface area contributed by atoms with Crippen LogP contribution < -0.4 is 0 Å². The van der Waals surface area contributed by atoms with Crippen molar-refractivity contribution in [3.05, 3.63) is 58.0 Å². The van der Waals surface area contributed by atoms with Crippen molar-refractivity contribution in [2.75, 3.05) is 0 Å². The molecular weight excluding hydrogens is 318 g/mol. The van der Waals surface area contributed by atoms with Crippen molar-refractivity contribution in [2.45, 2.75) is 85.0 Å². The van der Waals surface area contributed by atoms with Crippen LogP contribution in [0.2, 0.25) is 0 Å². The number of benzene rings is 1. The van der Waals surface area contributed by atoms with Gasteiger partial charge in [-0.25, -0.2) is 0 Å². The molecular formula is C24H33NO. The first kappa shape index (κ1) is 18.9. The van der Waals surface area contributed by atoms with E-state index in [1.165, 1.54) is 34.3 Å². The molecule has 1 aliphatic carbocycles. The Hall–Kier alpha value is -1.83. The highest BCUT2D eigenvalue weighted by atomic mass is 16.5. The molecule has 0 spiro atoms. The molecule has 140 valence electrons. The summed E-state index contributed by atoms with van der Waals surface area (Å²) >= 11 is 0. The maximum atomic E-state index is 5.42. The third-order valence-electron chi connectivity index (χ3n) is 5.88. The molecule has 0 N–H and O–H groups in total. The van der Waals surface area contributed by atoms with Gasteiger partial charge >= 0.3 is 0 Å². The standard InChI is InChI=1S/C24H33NO/c1-8-9-17-12-21-22(24(6,7)15-23(21,4)5)14-20(17)19(16(2)3)13-18-10-11-25-26-18/h10-12,14H,8-9,13,15H2,1-7H3. The summed E-state index contributed by atoms with van der Waals surface area (Å²) in [4.78, 5) is 0. The van der Waals surface area contributed by atoms with Crippen molar-refractivity contribution in [3.63, 3.8) is 0 Å². The molecule has 1 aliphatic rings. The molecule has 0 radical (unpaired) electrons. The van der Waals surface area contributed by atoms with Crippen LogP contribution in [0.3, 0.4) is 0 Å². The van der Waals surface area contributed by atoms with Crippen LogP contribution in [0, 0.1) is 0 Å². The molecule has 1 aromatic carbocycles. The fourth-order valence-corrected chi connectivity index (χ4v) is 4.87. The molecule has 2 aromatic rings. The first-order chi connectivity index (χ1) is 12.2. The topological polar surface area (TPSA) is 26.0 Å². The third kappa shape index (κ3) is 3.39. The maximum absolute atomic E-state index is 5.42. The van der Waals surface area contributed by atoms with Gasteiger partial charge in [-0.2, -0.15) is 0 Å². The number of hydrogen-bond acceptors (Lipinski definition) is 2. The van der Waals surface area contributed by atoms with Gasteiger partial charge in [0, 0.05) is 12.5 Å². The molecule has 0 fully saturated rings. The highest BCUT2D eigenvalue weighted by Gasteiger charge is 2.42. The van der Waals surface area contributed by atoms with Gasteiger partial charge in [-0.3, -0.25) is 0 Å². The van der Waals surface area contributed by atoms with Gasteiger partial charge in [-0.15, -0.1) is 0 Å². The van der Waals surface area contributed by atoms with Gasteiger partial charge in [0.15, 0.2) is 0 Å². The zero-order valence-electron chi connectivity index (χ0n) is 17.5. The van der Waals surface area contributed by atoms with E-state index in [-0.39, 0.29) is 10.8 Å². The molecule has 0 bridgehead atoms. The smallest absolute Gasteiger partial charge is 0.141 e. The zero-order chi connectivity index (χ0) is 19.1. The minimum atomic E-state index is 0.220. The van der Waals surface area contributed by atoms with Crippen molar-refractivity contribution in [3.8, 4) is 0 Å². The van der Waals surface area contributed by atoms with E-state index in [0.29, 0.717) is 0 Å². The summed E-state index contributed by atoms with van der Waals surface area (Å²) in [5.41, 5.74) is 9.16. The molecule has 0 unspecified atom stereocenters. The van der Waals surface area contributed by atoms with Crippen molar-refractivity contribution in [2.24, 2.45) is 0 Å². The molecule has 2 nitrogen and oxygen atoms in total. The molecule has 26 heavy (non-hydrogen) atoms. The molecule has 2 heteroatoms. The van der Waals surface area contributed by atoms with Gasteiger partial charge in [0.05, 0.1) is 6.20 Å². The molecule has 1 aromatic heterocycles. The number of aryl methyl sites for hydroxylation is 1. The lowest BCUT2D eigenvalue weighted by Crippen LogP contribution is -2.18. The Morgan fingerprint density at radius 1 is 1.08 bits per heavy atom. The van der Waals surface area contributed by atoms with E-state index in [1.54, 1.807) is 11.8 Å². The lowest BCUT2D eigenvalue weighted by Gasteiger charge is -2.22. The first-order valence-corrected chi connectivity index (χ1v) is 9.90. The Bertz CT molecular complexity index is 818. The number of hydrogen-bond donors (Lipinski definition) is 0. The lowest BCUT2D eigenvalue weighted by atomic mass is 9.82. The van der Waals surface area contributed by atoms with Crippen molar-refractivity contribution < 1.29 is 4.52 Å². The quantitative estimate of drug-likeness (QED) is 0.605. The predicted octanol–water partition coefficient (Wildman–Crippen LogP) is 6.62. The second-order valence-electron chi connectivity index (χ2n) is 9.38. The Morgan fingerprint density at radius 2 is 1.73 bits per heavy atom. The largest absolute Gasteiger partial charge is 0.361 e. The number of allylic oxidation sites excluding steroid dienone is 2. The van der Waals surface area contributed by atoms with E-state index in [9.17, 15) is 0 Å². The predicted molar refractivity (Wildman–Crippen MR) is 110 cm³/mol. The molecule has 1 heterocycles. The van der Waals surface area contributed by atoms with Gasteiger partial charge in [0.2, 0.25) is 0 Å². The SMILES string of the molecule is CCCc1cc2c(cc1C(Cc1ccno1)=C(C)C)C(C)(C)CC2(C)C. The van der Waals surface area contributed by atoms with E-state index in [1.807, 2.05) is 6.07 Å². The first-order valence-electron chi connectivity index (χ1n) is 9.90. The molecule has 0 atom stereocenters. The second-order valence-corrected chi connectivity index (χ2v) is 9.38. The van der Waals surface area contributed by atoms with Crippen LogP contribution in [0.25, 0.3) is 5.57 Å². The maximum Gasteiger partial charge on any atom is 0.141 e. The van der Waals surface area contributed by atoms with Crippen LogP contribution >= 0.6 is 0 Å². The summed E-state index contributed by atoms with van der Waals surface area (Å²) in [6.07, 6.45) is 6.03. The highest BCUT2D eigenvalue weighted by Crippen LogP contribution is 2.50. The van der Waals surface area contributed by atoms with E-state index < -0.39 is 0 Å². The van der Waals surface area contributed by atoms with Gasteiger partial charge in [-0.05, 0) is 65.3 Å². The number of nitrogens with zero attached hydrogens (tertiary/aromatic N) is 1. The van der Waals surface area contributed by atoms with Crippen LogP contribution in [0.4, 0.5) is 0 Å². The summed E-state index contributed by atoms with van der Waals surface area (Å²) in [5.74, 6) is 0.934. The molecule has 0 amide bonds. The third-order valence-corrected chi connectivity index (χ3v) is 5.88. The highest BCUT2D eigenvalue weighted by molar-refractivity contribution is 5.74. The summed E-state index contributed by atoms with van der Waals surface area (Å²) in [6, 6.07) is 6.98. The van der Waals surface area contributed by atoms with Crippen LogP contribution in [0.1, 0.15) is 89.3 Å². The Morgan fingerprint density at radius 3 is 2.27 bits per heavy atom.